The van der Waals surface area contributed by atoms with Crippen molar-refractivity contribution in [1.29, 1.82) is 0 Å². The number of carbonyl (C=O) groups is 2. The van der Waals surface area contributed by atoms with Gasteiger partial charge in [-0.2, -0.15) is 0 Å². The van der Waals surface area contributed by atoms with E-state index in [9.17, 15) is 9.59 Å². The molecule has 1 N–H and O–H groups in total. The molecule has 0 saturated heterocycles. The van der Waals surface area contributed by atoms with Gasteiger partial charge in [0.1, 0.15) is 11.3 Å². The van der Waals surface area contributed by atoms with Gasteiger partial charge in [-0.05, 0) is 49.1 Å². The third-order valence-electron chi connectivity index (χ3n) is 5.55. The maximum absolute atomic E-state index is 13.2. The van der Waals surface area contributed by atoms with Crippen LogP contribution in [0.1, 0.15) is 53.9 Å². The summed E-state index contributed by atoms with van der Waals surface area (Å²) in [6, 6.07) is 22.1. The number of carbonyl (C=O) groups excluding carboxylic acids is 2. The number of ketones is 1. The minimum Gasteiger partial charge on any atom is -0.481 e. The quantitative estimate of drug-likeness (QED) is 0.332. The smallest absolute Gasteiger partial charge is 0.265 e. The molecule has 3 aromatic carbocycles. The summed E-state index contributed by atoms with van der Waals surface area (Å²) in [5.41, 5.74) is 3.46. The normalized spacial score (nSPS) is 12.0. The van der Waals surface area contributed by atoms with Crippen LogP contribution in [-0.4, -0.2) is 17.8 Å². The number of fused-ring (bicyclic) bond motifs is 1. The highest BCUT2D eigenvalue weighted by atomic mass is 16.5. The molecule has 33 heavy (non-hydrogen) atoms. The van der Waals surface area contributed by atoms with E-state index in [1.807, 2.05) is 49.4 Å². The minimum atomic E-state index is -0.780. The topological polar surface area (TPSA) is 68.5 Å². The van der Waals surface area contributed by atoms with E-state index in [1.165, 1.54) is 0 Å². The van der Waals surface area contributed by atoms with E-state index < -0.39 is 6.10 Å². The number of anilines is 1. The molecule has 4 aromatic rings. The second-order valence-electron chi connectivity index (χ2n) is 8.44. The van der Waals surface area contributed by atoms with Crippen LogP contribution >= 0.6 is 0 Å². The van der Waals surface area contributed by atoms with Gasteiger partial charge in [0, 0.05) is 10.9 Å². The lowest BCUT2D eigenvalue weighted by atomic mass is 10.0. The number of nitrogens with one attached hydrogen (secondary N) is 1. The lowest BCUT2D eigenvalue weighted by molar-refractivity contribution is -0.122. The van der Waals surface area contributed by atoms with Gasteiger partial charge in [-0.15, -0.1) is 0 Å². The molecule has 1 amide bonds. The van der Waals surface area contributed by atoms with E-state index in [0.29, 0.717) is 28.0 Å². The number of hydrogen-bond acceptors (Lipinski definition) is 4. The highest BCUT2D eigenvalue weighted by molar-refractivity contribution is 6.17. The molecular formula is C28H27NO4. The van der Waals surface area contributed by atoms with E-state index >= 15 is 0 Å². The number of aryl methyl sites for hydroxylation is 1. The Labute approximate surface area is 193 Å². The van der Waals surface area contributed by atoms with Crippen LogP contribution in [0.4, 0.5) is 5.69 Å². The summed E-state index contributed by atoms with van der Waals surface area (Å²) in [6.07, 6.45) is -0.780. The van der Waals surface area contributed by atoms with Crippen molar-refractivity contribution in [2.24, 2.45) is 0 Å². The zero-order chi connectivity index (χ0) is 23.5. The Bertz CT molecular complexity index is 1300. The molecular weight excluding hydrogens is 414 g/mol. The van der Waals surface area contributed by atoms with E-state index in [0.717, 1.165) is 11.1 Å². The van der Waals surface area contributed by atoms with Crippen LogP contribution in [0, 0.1) is 6.92 Å². The van der Waals surface area contributed by atoms with Gasteiger partial charge in [0.15, 0.2) is 11.9 Å². The Hall–Kier alpha value is -3.86. The van der Waals surface area contributed by atoms with Gasteiger partial charge in [-0.1, -0.05) is 68.4 Å². The summed E-state index contributed by atoms with van der Waals surface area (Å²) in [4.78, 5) is 26.3. The lowest BCUT2D eigenvalue weighted by Gasteiger charge is -2.19. The van der Waals surface area contributed by atoms with E-state index in [2.05, 4.69) is 19.2 Å². The Kier molecular flexibility index (Phi) is 6.31. The Morgan fingerprint density at radius 1 is 0.909 bits per heavy atom. The zero-order valence-electron chi connectivity index (χ0n) is 19.2. The first-order chi connectivity index (χ1) is 15.8. The Morgan fingerprint density at radius 3 is 2.33 bits per heavy atom. The largest absolute Gasteiger partial charge is 0.481 e. The molecule has 0 aliphatic rings. The predicted octanol–water partition coefficient (Wildman–Crippen LogP) is 6.50. The van der Waals surface area contributed by atoms with Crippen molar-refractivity contribution >= 4 is 28.3 Å². The van der Waals surface area contributed by atoms with Crippen molar-refractivity contribution in [3.8, 4) is 5.75 Å². The Balaban J connectivity index is 1.64. The Morgan fingerprint density at radius 2 is 1.61 bits per heavy atom. The third kappa shape index (κ3) is 4.67. The van der Waals surface area contributed by atoms with Crippen LogP contribution < -0.4 is 10.1 Å². The molecule has 1 atom stereocenters. The molecule has 5 nitrogen and oxygen atoms in total. The molecule has 0 aliphatic carbocycles. The van der Waals surface area contributed by atoms with Gasteiger partial charge in [-0.3, -0.25) is 9.59 Å². The molecule has 4 rings (SSSR count). The maximum atomic E-state index is 13.2. The number of benzene rings is 3. The number of rotatable bonds is 7. The molecule has 0 spiro atoms. The summed E-state index contributed by atoms with van der Waals surface area (Å²) in [5, 5.41) is 3.55. The number of amides is 1. The van der Waals surface area contributed by atoms with E-state index in [-0.39, 0.29) is 23.4 Å². The minimum absolute atomic E-state index is 0.0985. The number of para-hydroxylation sites is 1. The zero-order valence-corrected chi connectivity index (χ0v) is 19.2. The first kappa shape index (κ1) is 22.3. The summed E-state index contributed by atoms with van der Waals surface area (Å²) in [6.45, 7) is 7.85. The highest BCUT2D eigenvalue weighted by Crippen LogP contribution is 2.33. The molecule has 168 valence electrons. The average molecular weight is 442 g/mol. The van der Waals surface area contributed by atoms with Crippen LogP contribution in [0.2, 0.25) is 0 Å². The monoisotopic (exact) mass is 441 g/mol. The molecule has 0 bridgehead atoms. The number of hydrogen-bond donors (Lipinski definition) is 1. The summed E-state index contributed by atoms with van der Waals surface area (Å²) in [5.74, 6) is 0.381. The average Bonchev–Trinajstić information content (AvgIpc) is 3.17. The van der Waals surface area contributed by atoms with E-state index in [1.54, 1.807) is 37.3 Å². The first-order valence-corrected chi connectivity index (χ1v) is 11.0. The van der Waals surface area contributed by atoms with Crippen molar-refractivity contribution in [2.45, 2.75) is 39.7 Å². The van der Waals surface area contributed by atoms with Crippen LogP contribution in [0.3, 0.4) is 0 Å². The lowest BCUT2D eigenvalue weighted by Crippen LogP contribution is -2.31. The summed E-state index contributed by atoms with van der Waals surface area (Å²) >= 11 is 0. The van der Waals surface area contributed by atoms with Crippen LogP contribution in [-0.2, 0) is 4.79 Å². The second kappa shape index (κ2) is 9.33. The fraction of sp³-hybridized carbons (Fsp3) is 0.214. The van der Waals surface area contributed by atoms with Gasteiger partial charge in [0.2, 0.25) is 5.78 Å². The molecule has 0 saturated carbocycles. The summed E-state index contributed by atoms with van der Waals surface area (Å²) < 4.78 is 11.9. The second-order valence-corrected chi connectivity index (χ2v) is 8.44. The third-order valence-corrected chi connectivity index (χ3v) is 5.55. The SMILES string of the molecule is Cc1ccc(C(C)C)c(O[C@@H](C)C(=O)Nc2c(C(=O)c3ccccc3)oc3ccccc23)c1. The van der Waals surface area contributed by atoms with Crippen molar-refractivity contribution in [3.63, 3.8) is 0 Å². The fourth-order valence-corrected chi connectivity index (χ4v) is 3.74. The van der Waals surface area contributed by atoms with Crippen molar-refractivity contribution < 1.29 is 18.7 Å². The van der Waals surface area contributed by atoms with Crippen molar-refractivity contribution in [1.82, 2.24) is 0 Å². The molecule has 0 fully saturated rings. The summed E-state index contributed by atoms with van der Waals surface area (Å²) in [7, 11) is 0. The molecule has 0 aliphatic heterocycles. The standard InChI is InChI=1S/C28H27NO4/c1-17(2)21-15-14-18(3)16-24(21)32-19(4)28(31)29-25-22-12-8-9-13-23(22)33-27(25)26(30)20-10-6-5-7-11-20/h5-17,19H,1-4H3,(H,29,31)/t19-/m0/s1. The van der Waals surface area contributed by atoms with Gasteiger partial charge in [0.25, 0.3) is 5.91 Å². The van der Waals surface area contributed by atoms with Gasteiger partial charge >= 0.3 is 0 Å². The maximum Gasteiger partial charge on any atom is 0.265 e. The molecule has 0 unspecified atom stereocenters. The van der Waals surface area contributed by atoms with Gasteiger partial charge in [0.05, 0.1) is 5.69 Å². The van der Waals surface area contributed by atoms with Crippen LogP contribution in [0.5, 0.6) is 5.75 Å². The fourth-order valence-electron chi connectivity index (χ4n) is 3.74. The molecule has 5 heteroatoms. The van der Waals surface area contributed by atoms with Gasteiger partial charge in [-0.25, -0.2) is 0 Å². The molecule has 1 heterocycles. The predicted molar refractivity (Wildman–Crippen MR) is 130 cm³/mol. The van der Waals surface area contributed by atoms with Crippen LogP contribution in [0.15, 0.2) is 77.2 Å². The molecule has 0 radical (unpaired) electrons. The van der Waals surface area contributed by atoms with E-state index in [4.69, 9.17) is 9.15 Å². The molecule has 1 aromatic heterocycles. The van der Waals surface area contributed by atoms with Crippen molar-refractivity contribution in [3.05, 3.63) is 95.2 Å². The van der Waals surface area contributed by atoms with Crippen molar-refractivity contribution in [2.75, 3.05) is 5.32 Å². The number of furan rings is 1. The first-order valence-electron chi connectivity index (χ1n) is 11.0. The number of ether oxygens (including phenoxy) is 1. The van der Waals surface area contributed by atoms with Gasteiger partial charge < -0.3 is 14.5 Å². The highest BCUT2D eigenvalue weighted by Gasteiger charge is 2.26. The van der Waals surface area contributed by atoms with Crippen LogP contribution in [0.25, 0.3) is 11.0 Å².